The zero-order valence-electron chi connectivity index (χ0n) is 9.05. The van der Waals surface area contributed by atoms with Crippen LogP contribution in [-0.4, -0.2) is 23.2 Å². The molecule has 0 aromatic heterocycles. The van der Waals surface area contributed by atoms with Gasteiger partial charge in [-0.1, -0.05) is 0 Å². The van der Waals surface area contributed by atoms with E-state index in [4.69, 9.17) is 11.5 Å². The summed E-state index contributed by atoms with van der Waals surface area (Å²) >= 11 is 0. The number of amides is 1. The van der Waals surface area contributed by atoms with Crippen LogP contribution in [-0.2, 0) is 0 Å². The number of phenols is 1. The predicted octanol–water partition coefficient (Wildman–Crippen LogP) is 1.31. The molecule has 17 heavy (non-hydrogen) atoms. The number of phenolic OH excluding ortho intramolecular Hbond substituents is 1. The van der Waals surface area contributed by atoms with E-state index in [1.807, 2.05) is 0 Å². The number of nitrogens with one attached hydrogen (secondary N) is 1. The molecule has 1 heterocycles. The zero-order chi connectivity index (χ0) is 12.3. The number of carbonyl (C=O) groups is 1. The fourth-order valence-electron chi connectivity index (χ4n) is 1.37. The largest absolute Gasteiger partial charge is 0.508 e. The fraction of sp³-hybridized carbons (Fsp3) is 0.250. The minimum Gasteiger partial charge on any atom is -0.508 e. The molecule has 0 unspecified atom stereocenters. The number of carbonyl (C=O) groups excluding carboxylic acids is 1. The van der Waals surface area contributed by atoms with Crippen molar-refractivity contribution in [2.75, 3.05) is 6.54 Å². The second-order valence-electron chi connectivity index (χ2n) is 3.79. The van der Waals surface area contributed by atoms with Crippen molar-refractivity contribution >= 4 is 5.91 Å². The molecule has 0 saturated carbocycles. The molecule has 0 atom stereocenters. The van der Waals surface area contributed by atoms with Crippen LogP contribution in [0.1, 0.15) is 16.8 Å². The van der Waals surface area contributed by atoms with E-state index in [-0.39, 0.29) is 11.7 Å². The van der Waals surface area contributed by atoms with Gasteiger partial charge in [0, 0.05) is 5.56 Å². The Morgan fingerprint density at radius 1 is 1.41 bits per heavy atom. The number of hydrogen-bond acceptors (Lipinski definition) is 4. The van der Waals surface area contributed by atoms with E-state index in [1.54, 1.807) is 12.1 Å². The van der Waals surface area contributed by atoms with Gasteiger partial charge in [0.1, 0.15) is 5.75 Å². The van der Waals surface area contributed by atoms with E-state index in [0.717, 1.165) is 0 Å². The van der Waals surface area contributed by atoms with Crippen LogP contribution in [0.25, 0.3) is 0 Å². The van der Waals surface area contributed by atoms with Crippen LogP contribution in [0.2, 0.25) is 0 Å². The minimum absolute atomic E-state index is 0.123. The zero-order valence-corrected chi connectivity index (χ0v) is 9.05. The van der Waals surface area contributed by atoms with Crippen LogP contribution in [0.4, 0.5) is 0 Å². The molecule has 0 spiro atoms. The summed E-state index contributed by atoms with van der Waals surface area (Å²) in [7, 11) is 0. The Labute approximate surface area is 98.6 Å². The van der Waals surface area contributed by atoms with Gasteiger partial charge in [-0.15, -0.1) is 12.3 Å². The average molecular weight is 229 g/mol. The van der Waals surface area contributed by atoms with E-state index in [0.29, 0.717) is 18.5 Å². The van der Waals surface area contributed by atoms with Gasteiger partial charge in [0.2, 0.25) is 5.66 Å². The third-order valence-corrected chi connectivity index (χ3v) is 2.43. The maximum absolute atomic E-state index is 11.7. The molecule has 86 valence electrons. The number of hydrogen-bond donors (Lipinski definition) is 2. The first-order valence-corrected chi connectivity index (χ1v) is 5.10. The number of nitrogens with zero attached hydrogens (tertiary/aromatic N) is 2. The molecule has 0 saturated heterocycles. The van der Waals surface area contributed by atoms with Crippen LogP contribution >= 0.6 is 0 Å². The van der Waals surface area contributed by atoms with E-state index >= 15 is 0 Å². The quantitative estimate of drug-likeness (QED) is 0.764. The van der Waals surface area contributed by atoms with Crippen LogP contribution in [0.15, 0.2) is 34.5 Å². The van der Waals surface area contributed by atoms with Crippen molar-refractivity contribution in [1.82, 2.24) is 5.32 Å². The number of benzene rings is 1. The first kappa shape index (κ1) is 11.1. The lowest BCUT2D eigenvalue weighted by molar-refractivity contribution is 0.0949. The molecule has 0 bridgehead atoms. The summed E-state index contributed by atoms with van der Waals surface area (Å²) in [6, 6.07) is 6.00. The van der Waals surface area contributed by atoms with Crippen LogP contribution in [0.5, 0.6) is 5.75 Å². The molecule has 0 fully saturated rings. The summed E-state index contributed by atoms with van der Waals surface area (Å²) in [5.74, 6) is 2.35. The third kappa shape index (κ3) is 2.61. The Morgan fingerprint density at radius 2 is 2.06 bits per heavy atom. The van der Waals surface area contributed by atoms with Gasteiger partial charge in [0.05, 0.1) is 13.0 Å². The molecule has 5 nitrogen and oxygen atoms in total. The molecular formula is C12H11N3O2. The lowest BCUT2D eigenvalue weighted by atomic mass is 10.1. The van der Waals surface area contributed by atoms with Gasteiger partial charge in [-0.3, -0.25) is 4.79 Å². The van der Waals surface area contributed by atoms with Crippen molar-refractivity contribution in [1.29, 1.82) is 0 Å². The third-order valence-electron chi connectivity index (χ3n) is 2.43. The molecule has 1 aromatic rings. The standard InChI is InChI=1S/C12H11N3O2/c1-2-7-12(14-15-12)8-13-11(17)9-3-5-10(16)6-4-9/h1,3-6,16H,7-8H2,(H,13,17). The average Bonchev–Trinajstić information content (AvgIpc) is 3.08. The number of terminal acetylenes is 1. The first-order chi connectivity index (χ1) is 8.15. The van der Waals surface area contributed by atoms with Crippen molar-refractivity contribution in [3.05, 3.63) is 29.8 Å². The topological polar surface area (TPSA) is 74.0 Å². The fourth-order valence-corrected chi connectivity index (χ4v) is 1.37. The summed E-state index contributed by atoms with van der Waals surface area (Å²) in [5.41, 5.74) is -0.138. The Morgan fingerprint density at radius 3 is 2.59 bits per heavy atom. The Kier molecular flexibility index (Phi) is 2.79. The van der Waals surface area contributed by atoms with Crippen molar-refractivity contribution in [3.8, 4) is 18.1 Å². The van der Waals surface area contributed by atoms with Crippen molar-refractivity contribution in [3.63, 3.8) is 0 Å². The van der Waals surface area contributed by atoms with E-state index in [9.17, 15) is 4.79 Å². The smallest absolute Gasteiger partial charge is 0.251 e. The lowest BCUT2D eigenvalue weighted by Gasteiger charge is -2.08. The normalized spacial score (nSPS) is 15.0. The molecule has 2 N–H and O–H groups in total. The van der Waals surface area contributed by atoms with Gasteiger partial charge in [0.15, 0.2) is 0 Å². The molecule has 5 heteroatoms. The molecular weight excluding hydrogens is 218 g/mol. The molecule has 0 radical (unpaired) electrons. The summed E-state index contributed by atoms with van der Waals surface area (Å²) < 4.78 is 0. The Bertz CT molecular complexity index is 493. The summed E-state index contributed by atoms with van der Waals surface area (Å²) in [6.07, 6.45) is 5.57. The van der Waals surface area contributed by atoms with Crippen LogP contribution in [0.3, 0.4) is 0 Å². The first-order valence-electron chi connectivity index (χ1n) is 5.10. The van der Waals surface area contributed by atoms with E-state index < -0.39 is 5.66 Å². The second-order valence-corrected chi connectivity index (χ2v) is 3.79. The van der Waals surface area contributed by atoms with Crippen molar-refractivity contribution < 1.29 is 9.90 Å². The predicted molar refractivity (Wildman–Crippen MR) is 61.5 cm³/mol. The molecule has 1 amide bonds. The SMILES string of the molecule is C#CCC1(CNC(=O)c2ccc(O)cc2)N=N1. The minimum atomic E-state index is -0.610. The van der Waals surface area contributed by atoms with E-state index in [1.165, 1.54) is 12.1 Å². The van der Waals surface area contributed by atoms with Gasteiger partial charge in [-0.05, 0) is 24.3 Å². The molecule has 1 aromatic carbocycles. The highest BCUT2D eigenvalue weighted by Gasteiger charge is 2.39. The highest BCUT2D eigenvalue weighted by atomic mass is 16.3. The summed E-state index contributed by atoms with van der Waals surface area (Å²) in [6.45, 7) is 0.302. The number of rotatable bonds is 4. The van der Waals surface area contributed by atoms with Crippen molar-refractivity contribution in [2.45, 2.75) is 12.1 Å². The van der Waals surface area contributed by atoms with E-state index in [2.05, 4.69) is 21.5 Å². The summed E-state index contributed by atoms with van der Waals surface area (Å²) in [4.78, 5) is 11.7. The maximum atomic E-state index is 11.7. The highest BCUT2D eigenvalue weighted by Crippen LogP contribution is 2.30. The van der Waals surface area contributed by atoms with Gasteiger partial charge in [0.25, 0.3) is 5.91 Å². The molecule has 1 aliphatic rings. The second kappa shape index (κ2) is 4.26. The Hall–Kier alpha value is -2.35. The highest BCUT2D eigenvalue weighted by molar-refractivity contribution is 5.94. The van der Waals surface area contributed by atoms with Gasteiger partial charge in [-0.25, -0.2) is 0 Å². The van der Waals surface area contributed by atoms with Crippen LogP contribution < -0.4 is 5.32 Å². The van der Waals surface area contributed by atoms with Gasteiger partial charge < -0.3 is 10.4 Å². The Balaban J connectivity index is 1.90. The maximum Gasteiger partial charge on any atom is 0.251 e. The molecule has 2 rings (SSSR count). The van der Waals surface area contributed by atoms with Crippen LogP contribution in [0, 0.1) is 12.3 Å². The number of aromatic hydroxyl groups is 1. The molecule has 1 aliphatic heterocycles. The molecule has 0 aliphatic carbocycles. The van der Waals surface area contributed by atoms with Crippen molar-refractivity contribution in [2.24, 2.45) is 10.2 Å². The van der Waals surface area contributed by atoms with Gasteiger partial charge in [-0.2, -0.15) is 10.2 Å². The lowest BCUT2D eigenvalue weighted by Crippen LogP contribution is -2.34. The summed E-state index contributed by atoms with van der Waals surface area (Å²) in [5, 5.41) is 19.5. The van der Waals surface area contributed by atoms with Gasteiger partial charge >= 0.3 is 0 Å². The monoisotopic (exact) mass is 229 g/mol.